The van der Waals surface area contributed by atoms with Gasteiger partial charge in [0.25, 0.3) is 0 Å². The van der Waals surface area contributed by atoms with Gasteiger partial charge in [0, 0.05) is 25.0 Å². The van der Waals surface area contributed by atoms with Gasteiger partial charge < -0.3 is 11.1 Å². The third-order valence-electron chi connectivity index (χ3n) is 3.50. The van der Waals surface area contributed by atoms with Crippen LogP contribution in [0.5, 0.6) is 0 Å². The molecule has 1 aromatic heterocycles. The second-order valence-corrected chi connectivity index (χ2v) is 5.22. The molecular formula is C14H22N4O. The van der Waals surface area contributed by atoms with Crippen LogP contribution in [0, 0.1) is 6.92 Å². The molecule has 0 spiro atoms. The molecule has 1 saturated heterocycles. The second-order valence-electron chi connectivity index (χ2n) is 5.22. The molecule has 1 aliphatic heterocycles. The molecule has 5 nitrogen and oxygen atoms in total. The Morgan fingerprint density at radius 2 is 2.21 bits per heavy atom. The fourth-order valence-corrected chi connectivity index (χ4v) is 2.62. The molecule has 2 heterocycles. The molecule has 1 fully saturated rings. The lowest BCUT2D eigenvalue weighted by Crippen LogP contribution is -2.46. The normalized spacial score (nSPS) is 16.7. The number of aryl methyl sites for hydroxylation is 1. The lowest BCUT2D eigenvalue weighted by Gasteiger charge is -2.33. The first-order valence-corrected chi connectivity index (χ1v) is 6.79. The van der Waals surface area contributed by atoms with Gasteiger partial charge in [-0.3, -0.25) is 14.7 Å². The van der Waals surface area contributed by atoms with E-state index in [-0.39, 0.29) is 5.91 Å². The Bertz CT molecular complexity index is 429. The van der Waals surface area contributed by atoms with E-state index in [1.165, 1.54) is 0 Å². The minimum atomic E-state index is -0.265. The summed E-state index contributed by atoms with van der Waals surface area (Å²) < 4.78 is 0. The van der Waals surface area contributed by atoms with Crippen LogP contribution in [-0.4, -0.2) is 41.5 Å². The Morgan fingerprint density at radius 3 is 2.84 bits per heavy atom. The Kier molecular flexibility index (Phi) is 4.87. The molecular weight excluding hydrogens is 240 g/mol. The number of piperidine rings is 1. The highest BCUT2D eigenvalue weighted by molar-refractivity contribution is 5.75. The van der Waals surface area contributed by atoms with Crippen molar-refractivity contribution in [1.82, 2.24) is 15.2 Å². The monoisotopic (exact) mass is 262 g/mol. The van der Waals surface area contributed by atoms with Gasteiger partial charge in [-0.2, -0.15) is 0 Å². The Balaban J connectivity index is 2.06. The van der Waals surface area contributed by atoms with E-state index in [1.807, 2.05) is 19.3 Å². The van der Waals surface area contributed by atoms with Crippen molar-refractivity contribution < 1.29 is 4.79 Å². The number of rotatable bonds is 5. The molecule has 104 valence electrons. The van der Waals surface area contributed by atoms with Gasteiger partial charge in [-0.1, -0.05) is 6.07 Å². The van der Waals surface area contributed by atoms with Gasteiger partial charge in [0.15, 0.2) is 0 Å². The lowest BCUT2D eigenvalue weighted by molar-refractivity contribution is -0.120. The first-order chi connectivity index (χ1) is 9.15. The van der Waals surface area contributed by atoms with E-state index in [1.54, 1.807) is 0 Å². The summed E-state index contributed by atoms with van der Waals surface area (Å²) in [6.45, 7) is 5.10. The van der Waals surface area contributed by atoms with Gasteiger partial charge in [0.1, 0.15) is 0 Å². The molecule has 0 saturated carbocycles. The molecule has 0 atom stereocenters. The summed E-state index contributed by atoms with van der Waals surface area (Å²) in [6.07, 6.45) is 5.83. The largest absolute Gasteiger partial charge is 0.369 e. The van der Waals surface area contributed by atoms with E-state index in [9.17, 15) is 4.79 Å². The molecule has 1 aliphatic rings. The van der Waals surface area contributed by atoms with Crippen molar-refractivity contribution in [2.24, 2.45) is 5.73 Å². The minimum Gasteiger partial charge on any atom is -0.369 e. The first-order valence-electron chi connectivity index (χ1n) is 6.79. The predicted molar refractivity (Wildman–Crippen MR) is 74.5 cm³/mol. The van der Waals surface area contributed by atoms with Crippen molar-refractivity contribution in [3.05, 3.63) is 29.6 Å². The maximum atomic E-state index is 11.3. The maximum Gasteiger partial charge on any atom is 0.231 e. The van der Waals surface area contributed by atoms with Gasteiger partial charge in [0.05, 0.1) is 6.54 Å². The third-order valence-corrected chi connectivity index (χ3v) is 3.50. The quantitative estimate of drug-likeness (QED) is 0.807. The standard InChI is InChI=1S/C14H22N4O/c1-11-6-12(8-17-7-11)9-18(10-14(15)19)13-2-4-16-5-3-13/h6-8,13,16H,2-5,9-10H2,1H3,(H2,15,19). The van der Waals surface area contributed by atoms with Crippen LogP contribution in [0.15, 0.2) is 18.5 Å². The summed E-state index contributed by atoms with van der Waals surface area (Å²) in [7, 11) is 0. The van der Waals surface area contributed by atoms with Gasteiger partial charge in [-0.05, 0) is 44.0 Å². The zero-order valence-electron chi connectivity index (χ0n) is 11.4. The fourth-order valence-electron chi connectivity index (χ4n) is 2.62. The molecule has 19 heavy (non-hydrogen) atoms. The van der Waals surface area contributed by atoms with Crippen LogP contribution in [0.2, 0.25) is 0 Å². The van der Waals surface area contributed by atoms with Crippen LogP contribution in [-0.2, 0) is 11.3 Å². The number of carbonyl (C=O) groups excluding carboxylic acids is 1. The van der Waals surface area contributed by atoms with Crippen LogP contribution in [0.3, 0.4) is 0 Å². The van der Waals surface area contributed by atoms with Gasteiger partial charge in [-0.25, -0.2) is 0 Å². The third kappa shape index (κ3) is 4.29. The smallest absolute Gasteiger partial charge is 0.231 e. The van der Waals surface area contributed by atoms with E-state index in [2.05, 4.69) is 21.3 Å². The zero-order valence-corrected chi connectivity index (χ0v) is 11.4. The van der Waals surface area contributed by atoms with Crippen molar-refractivity contribution in [3.63, 3.8) is 0 Å². The maximum absolute atomic E-state index is 11.3. The molecule has 0 radical (unpaired) electrons. The number of nitrogens with one attached hydrogen (secondary N) is 1. The number of hydrogen-bond acceptors (Lipinski definition) is 4. The minimum absolute atomic E-state index is 0.265. The number of carbonyl (C=O) groups is 1. The topological polar surface area (TPSA) is 71.2 Å². The fraction of sp³-hybridized carbons (Fsp3) is 0.571. The number of aromatic nitrogens is 1. The van der Waals surface area contributed by atoms with Crippen LogP contribution >= 0.6 is 0 Å². The predicted octanol–water partition coefficient (Wildman–Crippen LogP) is 0.429. The average Bonchev–Trinajstić information content (AvgIpc) is 2.38. The molecule has 1 aromatic rings. The number of nitrogens with two attached hydrogens (primary N) is 1. The summed E-state index contributed by atoms with van der Waals surface area (Å²) in [6, 6.07) is 2.54. The van der Waals surface area contributed by atoms with Crippen LogP contribution in [0.1, 0.15) is 24.0 Å². The first kappa shape index (κ1) is 14.0. The van der Waals surface area contributed by atoms with Crippen molar-refractivity contribution in [2.75, 3.05) is 19.6 Å². The number of primary amides is 1. The molecule has 2 rings (SSSR count). The van der Waals surface area contributed by atoms with E-state index in [0.717, 1.165) is 43.6 Å². The molecule has 5 heteroatoms. The Hall–Kier alpha value is -1.46. The summed E-state index contributed by atoms with van der Waals surface area (Å²) in [4.78, 5) is 17.6. The highest BCUT2D eigenvalue weighted by Crippen LogP contribution is 2.15. The molecule has 0 unspecified atom stereocenters. The summed E-state index contributed by atoms with van der Waals surface area (Å²) in [5.74, 6) is -0.265. The second kappa shape index (κ2) is 6.63. The lowest BCUT2D eigenvalue weighted by atomic mass is 10.0. The van der Waals surface area contributed by atoms with Gasteiger partial charge in [0.2, 0.25) is 5.91 Å². The van der Waals surface area contributed by atoms with E-state index < -0.39 is 0 Å². The number of hydrogen-bond donors (Lipinski definition) is 2. The molecule has 0 aromatic carbocycles. The average molecular weight is 262 g/mol. The van der Waals surface area contributed by atoms with Crippen LogP contribution < -0.4 is 11.1 Å². The molecule has 3 N–H and O–H groups in total. The van der Waals surface area contributed by atoms with E-state index in [0.29, 0.717) is 12.6 Å². The highest BCUT2D eigenvalue weighted by atomic mass is 16.1. The van der Waals surface area contributed by atoms with Gasteiger partial charge >= 0.3 is 0 Å². The SMILES string of the molecule is Cc1cncc(CN(CC(N)=O)C2CCNCC2)c1. The Morgan fingerprint density at radius 1 is 1.47 bits per heavy atom. The number of nitrogens with zero attached hydrogens (tertiary/aromatic N) is 2. The number of amides is 1. The van der Waals surface area contributed by atoms with E-state index >= 15 is 0 Å². The van der Waals surface area contributed by atoms with Gasteiger partial charge in [-0.15, -0.1) is 0 Å². The van der Waals surface area contributed by atoms with Crippen molar-refractivity contribution >= 4 is 5.91 Å². The molecule has 0 aliphatic carbocycles. The zero-order chi connectivity index (χ0) is 13.7. The Labute approximate surface area is 114 Å². The van der Waals surface area contributed by atoms with Crippen molar-refractivity contribution in [2.45, 2.75) is 32.4 Å². The van der Waals surface area contributed by atoms with Crippen molar-refractivity contribution in [3.8, 4) is 0 Å². The van der Waals surface area contributed by atoms with Crippen LogP contribution in [0.4, 0.5) is 0 Å². The van der Waals surface area contributed by atoms with E-state index in [4.69, 9.17) is 5.73 Å². The summed E-state index contributed by atoms with van der Waals surface area (Å²) in [5, 5.41) is 3.34. The molecule has 1 amide bonds. The number of pyridine rings is 1. The van der Waals surface area contributed by atoms with Crippen molar-refractivity contribution in [1.29, 1.82) is 0 Å². The highest BCUT2D eigenvalue weighted by Gasteiger charge is 2.22. The summed E-state index contributed by atoms with van der Waals surface area (Å²) >= 11 is 0. The summed E-state index contributed by atoms with van der Waals surface area (Å²) in [5.41, 5.74) is 7.65. The molecule has 0 bridgehead atoms. The van der Waals surface area contributed by atoms with Crippen LogP contribution in [0.25, 0.3) is 0 Å².